The van der Waals surface area contributed by atoms with Gasteiger partial charge in [-0.3, -0.25) is 0 Å². The van der Waals surface area contributed by atoms with E-state index in [-0.39, 0.29) is 5.56 Å². The van der Waals surface area contributed by atoms with Crippen molar-refractivity contribution in [3.05, 3.63) is 46.5 Å². The molecule has 0 radical (unpaired) electrons. The molecule has 1 saturated heterocycles. The number of nitrogens with one attached hydrogen (secondary N) is 2. The molecular formula is C27H32ClN5O6. The van der Waals surface area contributed by atoms with Crippen LogP contribution in [0.4, 0.5) is 11.8 Å². The van der Waals surface area contributed by atoms with Crippen molar-refractivity contribution in [1.29, 1.82) is 0 Å². The third-order valence-electron chi connectivity index (χ3n) is 6.30. The summed E-state index contributed by atoms with van der Waals surface area (Å²) >= 11 is 6.33. The monoisotopic (exact) mass is 557 g/mol. The van der Waals surface area contributed by atoms with Gasteiger partial charge >= 0.3 is 5.97 Å². The van der Waals surface area contributed by atoms with E-state index < -0.39 is 5.97 Å². The van der Waals surface area contributed by atoms with E-state index in [0.29, 0.717) is 70.7 Å². The highest BCUT2D eigenvalue weighted by Gasteiger charge is 2.27. The quantitative estimate of drug-likeness (QED) is 0.356. The van der Waals surface area contributed by atoms with Crippen molar-refractivity contribution in [2.24, 2.45) is 0 Å². The second kappa shape index (κ2) is 12.7. The Morgan fingerprint density at radius 1 is 0.949 bits per heavy atom. The van der Waals surface area contributed by atoms with E-state index in [1.807, 2.05) is 6.07 Å². The van der Waals surface area contributed by atoms with Crippen LogP contribution < -0.4 is 34.5 Å². The average Bonchev–Trinajstić information content (AvgIpc) is 2.98. The number of hydrogen-bond donors (Lipinski definition) is 2. The number of benzene rings is 2. The maximum atomic E-state index is 13.2. The topological polar surface area (TPSA) is 116 Å². The zero-order valence-corrected chi connectivity index (χ0v) is 23.3. The lowest BCUT2D eigenvalue weighted by atomic mass is 10.0. The van der Waals surface area contributed by atoms with Crippen molar-refractivity contribution >= 4 is 29.3 Å². The van der Waals surface area contributed by atoms with Gasteiger partial charge in [0.15, 0.2) is 11.5 Å². The van der Waals surface area contributed by atoms with Gasteiger partial charge in [0.25, 0.3) is 0 Å². The fraction of sp³-hybridized carbons (Fsp3) is 0.370. The Morgan fingerprint density at radius 3 is 2.18 bits per heavy atom. The molecule has 2 heterocycles. The number of rotatable bonds is 10. The predicted molar refractivity (Wildman–Crippen MR) is 149 cm³/mol. The first-order valence-corrected chi connectivity index (χ1v) is 12.6. The maximum Gasteiger partial charge on any atom is 0.343 e. The fourth-order valence-corrected chi connectivity index (χ4v) is 4.59. The van der Waals surface area contributed by atoms with Gasteiger partial charge in [0.05, 0.1) is 46.3 Å². The summed E-state index contributed by atoms with van der Waals surface area (Å²) in [6.07, 6.45) is 0. The Balaban J connectivity index is 1.87. The molecule has 1 fully saturated rings. The van der Waals surface area contributed by atoms with Crippen LogP contribution in [0.5, 0.6) is 23.0 Å². The van der Waals surface area contributed by atoms with Gasteiger partial charge in [-0.05, 0) is 29.8 Å². The largest absolute Gasteiger partial charge is 0.495 e. The van der Waals surface area contributed by atoms with Crippen LogP contribution in [0.2, 0.25) is 5.02 Å². The number of carbonyl (C=O) groups excluding carboxylic acids is 1. The number of nitrogens with zero attached hydrogens (tertiary/aromatic N) is 3. The Hall–Kier alpha value is -3.96. The number of carbonyl (C=O) groups is 1. The van der Waals surface area contributed by atoms with E-state index in [2.05, 4.69) is 15.5 Å². The minimum atomic E-state index is -0.596. The van der Waals surface area contributed by atoms with Crippen LogP contribution in [-0.2, 0) is 11.3 Å². The van der Waals surface area contributed by atoms with E-state index in [4.69, 9.17) is 45.3 Å². The van der Waals surface area contributed by atoms with Crippen molar-refractivity contribution in [3.8, 4) is 34.3 Å². The maximum absolute atomic E-state index is 13.2. The van der Waals surface area contributed by atoms with Crippen LogP contribution in [0.15, 0.2) is 30.3 Å². The molecule has 39 heavy (non-hydrogen) atoms. The predicted octanol–water partition coefficient (Wildman–Crippen LogP) is 3.64. The normalized spacial score (nSPS) is 13.0. The van der Waals surface area contributed by atoms with Gasteiger partial charge in [-0.15, -0.1) is 0 Å². The molecule has 1 aliphatic rings. The van der Waals surface area contributed by atoms with Crippen molar-refractivity contribution in [3.63, 3.8) is 0 Å². The summed E-state index contributed by atoms with van der Waals surface area (Å²) in [5.41, 5.74) is 1.97. The number of halogens is 1. The van der Waals surface area contributed by atoms with E-state index in [9.17, 15) is 4.79 Å². The van der Waals surface area contributed by atoms with Crippen LogP contribution >= 0.6 is 11.6 Å². The molecule has 2 N–H and O–H groups in total. The number of ether oxygens (including phenoxy) is 5. The molecule has 2 aromatic carbocycles. The van der Waals surface area contributed by atoms with Gasteiger partial charge in [-0.25, -0.2) is 9.78 Å². The molecule has 3 aromatic rings. The first kappa shape index (κ1) is 28.1. The van der Waals surface area contributed by atoms with Crippen LogP contribution in [0.25, 0.3) is 11.3 Å². The van der Waals surface area contributed by atoms with Crippen LogP contribution in [0, 0.1) is 0 Å². The molecule has 0 unspecified atom stereocenters. The number of anilines is 2. The molecule has 0 spiro atoms. The molecule has 1 aromatic heterocycles. The van der Waals surface area contributed by atoms with E-state index in [1.54, 1.807) is 31.4 Å². The van der Waals surface area contributed by atoms with Gasteiger partial charge in [-0.2, -0.15) is 4.98 Å². The molecule has 0 atom stereocenters. The highest BCUT2D eigenvalue weighted by atomic mass is 35.5. The molecule has 4 rings (SSSR count). The van der Waals surface area contributed by atoms with Gasteiger partial charge < -0.3 is 39.2 Å². The first-order valence-electron chi connectivity index (χ1n) is 12.3. The standard InChI is InChI=1S/C27H32ClN5O6/c1-35-19-7-6-16(12-18(19)28)15-30-25-22(26(34)39-5)23(31-27(32-25)33-10-8-29-9-11-33)17-13-20(36-2)24(38-4)21(14-17)37-3/h6-7,12-14,29H,8-11,15H2,1-5H3,(H,30,31,32). The number of esters is 1. The summed E-state index contributed by atoms with van der Waals surface area (Å²) in [5.74, 6) is 2.04. The lowest BCUT2D eigenvalue weighted by Gasteiger charge is -2.28. The summed E-state index contributed by atoms with van der Waals surface area (Å²) in [6.45, 7) is 3.32. The fourth-order valence-electron chi connectivity index (χ4n) is 4.31. The van der Waals surface area contributed by atoms with Crippen molar-refractivity contribution in [1.82, 2.24) is 15.3 Å². The number of methoxy groups -OCH3 is 5. The summed E-state index contributed by atoms with van der Waals surface area (Å²) in [7, 11) is 7.47. The lowest BCUT2D eigenvalue weighted by molar-refractivity contribution is 0.0602. The van der Waals surface area contributed by atoms with Gasteiger partial charge in [-0.1, -0.05) is 17.7 Å². The second-order valence-corrected chi connectivity index (χ2v) is 8.97. The highest BCUT2D eigenvalue weighted by Crippen LogP contribution is 2.42. The Morgan fingerprint density at radius 2 is 1.62 bits per heavy atom. The number of hydrogen-bond acceptors (Lipinski definition) is 11. The first-order chi connectivity index (χ1) is 18.9. The summed E-state index contributed by atoms with van der Waals surface area (Å²) in [5, 5.41) is 7.11. The van der Waals surface area contributed by atoms with Crippen molar-refractivity contribution < 1.29 is 28.5 Å². The second-order valence-electron chi connectivity index (χ2n) is 8.56. The van der Waals surface area contributed by atoms with E-state index in [0.717, 1.165) is 18.7 Å². The lowest BCUT2D eigenvalue weighted by Crippen LogP contribution is -2.44. The van der Waals surface area contributed by atoms with Crippen molar-refractivity contribution in [2.75, 3.05) is 71.9 Å². The van der Waals surface area contributed by atoms with Crippen LogP contribution in [0.1, 0.15) is 15.9 Å². The molecule has 11 nitrogen and oxygen atoms in total. The SMILES string of the molecule is COC(=O)c1c(NCc2ccc(OC)c(Cl)c2)nc(N2CCNCC2)nc1-c1cc(OC)c(OC)c(OC)c1. The number of aromatic nitrogens is 2. The molecule has 12 heteroatoms. The minimum absolute atomic E-state index is 0.172. The molecule has 0 saturated carbocycles. The van der Waals surface area contributed by atoms with Gasteiger partial charge in [0.1, 0.15) is 17.1 Å². The van der Waals surface area contributed by atoms with Crippen LogP contribution in [0.3, 0.4) is 0 Å². The molecule has 1 aliphatic heterocycles. The minimum Gasteiger partial charge on any atom is -0.495 e. The summed E-state index contributed by atoms with van der Waals surface area (Å²) < 4.78 is 27.0. The third kappa shape index (κ3) is 6.04. The summed E-state index contributed by atoms with van der Waals surface area (Å²) in [6, 6.07) is 8.95. The average molecular weight is 558 g/mol. The highest BCUT2D eigenvalue weighted by molar-refractivity contribution is 6.32. The Labute approximate surface area is 232 Å². The smallest absolute Gasteiger partial charge is 0.343 e. The van der Waals surface area contributed by atoms with E-state index in [1.165, 1.54) is 28.4 Å². The third-order valence-corrected chi connectivity index (χ3v) is 6.60. The van der Waals surface area contributed by atoms with Gasteiger partial charge in [0, 0.05) is 38.3 Å². The number of piperazine rings is 1. The molecular weight excluding hydrogens is 526 g/mol. The Bertz CT molecular complexity index is 1310. The van der Waals surface area contributed by atoms with Gasteiger partial charge in [0.2, 0.25) is 11.7 Å². The summed E-state index contributed by atoms with van der Waals surface area (Å²) in [4.78, 5) is 24.9. The zero-order chi connectivity index (χ0) is 27.9. The Kier molecular flexibility index (Phi) is 9.15. The van der Waals surface area contributed by atoms with Crippen LogP contribution in [-0.4, -0.2) is 77.7 Å². The van der Waals surface area contributed by atoms with E-state index >= 15 is 0 Å². The molecule has 0 bridgehead atoms. The van der Waals surface area contributed by atoms with Crippen molar-refractivity contribution in [2.45, 2.75) is 6.54 Å². The molecule has 0 aliphatic carbocycles. The molecule has 0 amide bonds. The molecule has 208 valence electrons. The zero-order valence-electron chi connectivity index (χ0n) is 22.6.